The van der Waals surface area contributed by atoms with Gasteiger partial charge in [0, 0.05) is 57.6 Å². The molecule has 3 aliphatic rings. The predicted molar refractivity (Wildman–Crippen MR) is 133 cm³/mol. The van der Waals surface area contributed by atoms with Crippen LogP contribution in [0.2, 0.25) is 0 Å². The van der Waals surface area contributed by atoms with Crippen LogP contribution < -0.4 is 15.2 Å². The zero-order chi connectivity index (χ0) is 25.7. The molecule has 0 aliphatic carbocycles. The van der Waals surface area contributed by atoms with Crippen LogP contribution in [0.5, 0.6) is 11.5 Å². The monoisotopic (exact) mass is 502 g/mol. The van der Waals surface area contributed by atoms with Gasteiger partial charge in [0.05, 0.1) is 12.5 Å². The quantitative estimate of drug-likeness (QED) is 0.440. The number of amides is 2. The van der Waals surface area contributed by atoms with Gasteiger partial charge in [-0.1, -0.05) is 19.4 Å². The maximum absolute atomic E-state index is 13.3. The first-order chi connectivity index (χ1) is 17.4. The maximum atomic E-state index is 13.3. The van der Waals surface area contributed by atoms with E-state index >= 15 is 0 Å². The van der Waals surface area contributed by atoms with E-state index in [2.05, 4.69) is 6.92 Å². The highest BCUT2D eigenvalue weighted by Gasteiger charge is 2.47. The molecule has 2 saturated heterocycles. The number of carboxylic acid groups (broad SMARTS) is 1. The number of nitrogens with two attached hydrogens (primary N) is 1. The van der Waals surface area contributed by atoms with Crippen LogP contribution >= 0.6 is 0 Å². The smallest absolute Gasteiger partial charge is 0.308 e. The summed E-state index contributed by atoms with van der Waals surface area (Å²) in [5.74, 6) is -0.588. The van der Waals surface area contributed by atoms with Crippen molar-refractivity contribution in [2.75, 3.05) is 52.6 Å². The molecule has 36 heavy (non-hydrogen) atoms. The van der Waals surface area contributed by atoms with E-state index in [-0.39, 0.29) is 37.1 Å². The number of likely N-dealkylation sites (tertiary alicyclic amines) is 2. The summed E-state index contributed by atoms with van der Waals surface area (Å²) in [6, 6.07) is 5.19. The van der Waals surface area contributed by atoms with Gasteiger partial charge in [-0.2, -0.15) is 0 Å². The van der Waals surface area contributed by atoms with E-state index in [0.717, 1.165) is 24.8 Å². The zero-order valence-corrected chi connectivity index (χ0v) is 21.1. The van der Waals surface area contributed by atoms with Crippen molar-refractivity contribution in [3.63, 3.8) is 0 Å². The van der Waals surface area contributed by atoms with Crippen molar-refractivity contribution in [3.05, 3.63) is 23.8 Å². The van der Waals surface area contributed by atoms with E-state index in [1.807, 2.05) is 28.0 Å². The van der Waals surface area contributed by atoms with Gasteiger partial charge in [0.15, 0.2) is 11.5 Å². The number of carbonyl (C=O) groups is 3. The van der Waals surface area contributed by atoms with E-state index in [9.17, 15) is 19.5 Å². The van der Waals surface area contributed by atoms with Crippen LogP contribution in [0.1, 0.15) is 50.5 Å². The first-order valence-corrected chi connectivity index (χ1v) is 13.0. The fraction of sp³-hybridized carbons (Fsp3) is 0.654. The standard InChI is InChI=1S/C26H38N4O6/c1-2-3-10-29(13-9-27)24(32)16-30-15-19(18-6-7-21-22(14-18)36-17-35-21)25(26(33)34)20(30)8-12-28-11-4-5-23(28)31/h6-7,14,19-20,25H,2-5,8-13,15-17,27H2,1H3,(H,33,34)/t19-,20+,25-/m1/s1. The third kappa shape index (κ3) is 5.75. The van der Waals surface area contributed by atoms with Crippen molar-refractivity contribution in [2.45, 2.75) is 51.0 Å². The van der Waals surface area contributed by atoms with Gasteiger partial charge >= 0.3 is 5.97 Å². The maximum Gasteiger partial charge on any atom is 0.308 e. The second-order valence-electron chi connectivity index (χ2n) is 9.88. The molecule has 198 valence electrons. The molecular weight excluding hydrogens is 464 g/mol. The zero-order valence-electron chi connectivity index (χ0n) is 21.1. The Balaban J connectivity index is 1.57. The van der Waals surface area contributed by atoms with E-state index in [1.165, 1.54) is 0 Å². The average Bonchev–Trinajstić information content (AvgIpc) is 3.58. The fourth-order valence-corrected chi connectivity index (χ4v) is 5.70. The molecule has 2 amide bonds. The van der Waals surface area contributed by atoms with Gasteiger partial charge in [-0.05, 0) is 37.0 Å². The minimum Gasteiger partial charge on any atom is -0.481 e. The minimum atomic E-state index is -0.893. The average molecular weight is 503 g/mol. The molecule has 10 heteroatoms. The largest absolute Gasteiger partial charge is 0.481 e. The van der Waals surface area contributed by atoms with Gasteiger partial charge in [-0.25, -0.2) is 0 Å². The summed E-state index contributed by atoms with van der Waals surface area (Å²) in [6.45, 7) is 5.49. The van der Waals surface area contributed by atoms with Crippen molar-refractivity contribution in [3.8, 4) is 11.5 Å². The number of aliphatic carboxylic acids is 1. The summed E-state index contributed by atoms with van der Waals surface area (Å²) >= 11 is 0. The number of ether oxygens (including phenoxy) is 2. The highest BCUT2D eigenvalue weighted by Crippen LogP contribution is 2.42. The van der Waals surface area contributed by atoms with E-state index in [0.29, 0.717) is 63.6 Å². The number of carbonyl (C=O) groups excluding carboxylic acids is 2. The van der Waals surface area contributed by atoms with Crippen LogP contribution in [0.15, 0.2) is 18.2 Å². The van der Waals surface area contributed by atoms with Crippen molar-refractivity contribution in [1.82, 2.24) is 14.7 Å². The Morgan fingerprint density at radius 2 is 2.03 bits per heavy atom. The second-order valence-corrected chi connectivity index (χ2v) is 9.88. The number of unbranched alkanes of at least 4 members (excludes halogenated alkanes) is 1. The summed E-state index contributed by atoms with van der Waals surface area (Å²) in [7, 11) is 0. The summed E-state index contributed by atoms with van der Waals surface area (Å²) in [4.78, 5) is 43.7. The highest BCUT2D eigenvalue weighted by molar-refractivity contribution is 5.79. The molecule has 1 aromatic carbocycles. The number of nitrogens with zero attached hydrogens (tertiary/aromatic N) is 3. The summed E-state index contributed by atoms with van der Waals surface area (Å²) in [5, 5.41) is 10.3. The van der Waals surface area contributed by atoms with Crippen molar-refractivity contribution in [2.24, 2.45) is 11.7 Å². The number of benzene rings is 1. The molecule has 0 radical (unpaired) electrons. The normalized spacial score (nSPS) is 23.4. The lowest BCUT2D eigenvalue weighted by atomic mass is 9.84. The molecule has 3 atom stereocenters. The van der Waals surface area contributed by atoms with Gasteiger partial charge in [0.25, 0.3) is 0 Å². The Bertz CT molecular complexity index is 956. The number of carboxylic acids is 1. The van der Waals surface area contributed by atoms with Crippen molar-refractivity contribution >= 4 is 17.8 Å². The summed E-state index contributed by atoms with van der Waals surface area (Å²) < 4.78 is 11.0. The Hall–Kier alpha value is -2.85. The Labute approximate surface area is 212 Å². The fourth-order valence-electron chi connectivity index (χ4n) is 5.70. The Kier molecular flexibility index (Phi) is 8.68. The van der Waals surface area contributed by atoms with Crippen molar-refractivity contribution in [1.29, 1.82) is 0 Å². The molecule has 0 unspecified atom stereocenters. The molecule has 3 aliphatic heterocycles. The minimum absolute atomic E-state index is 0.0355. The van der Waals surface area contributed by atoms with Crippen LogP contribution in [0.25, 0.3) is 0 Å². The van der Waals surface area contributed by atoms with Gasteiger partial charge in [0.2, 0.25) is 18.6 Å². The molecule has 3 heterocycles. The van der Waals surface area contributed by atoms with Gasteiger partial charge in [-0.3, -0.25) is 19.3 Å². The van der Waals surface area contributed by atoms with E-state index < -0.39 is 11.9 Å². The topological polar surface area (TPSA) is 126 Å². The van der Waals surface area contributed by atoms with Gasteiger partial charge < -0.3 is 30.1 Å². The van der Waals surface area contributed by atoms with Gasteiger partial charge in [-0.15, -0.1) is 0 Å². The van der Waals surface area contributed by atoms with E-state index in [4.69, 9.17) is 15.2 Å². The molecule has 3 N–H and O–H groups in total. The number of fused-ring (bicyclic) bond motifs is 1. The Morgan fingerprint density at radius 3 is 2.72 bits per heavy atom. The molecule has 0 aromatic heterocycles. The van der Waals surface area contributed by atoms with Crippen LogP contribution in [0.4, 0.5) is 0 Å². The Morgan fingerprint density at radius 1 is 1.22 bits per heavy atom. The third-order valence-corrected chi connectivity index (χ3v) is 7.60. The van der Waals surface area contributed by atoms with Crippen molar-refractivity contribution < 1.29 is 29.0 Å². The second kappa shape index (κ2) is 11.9. The number of hydrogen-bond acceptors (Lipinski definition) is 7. The molecule has 0 bridgehead atoms. The lowest BCUT2D eigenvalue weighted by Crippen LogP contribution is -2.46. The molecule has 0 spiro atoms. The predicted octanol–water partition coefficient (Wildman–Crippen LogP) is 1.48. The molecule has 1 aromatic rings. The van der Waals surface area contributed by atoms with Crippen LogP contribution in [0, 0.1) is 5.92 Å². The summed E-state index contributed by atoms with van der Waals surface area (Å²) in [6.07, 6.45) is 3.74. The first kappa shape index (κ1) is 26.2. The van der Waals surface area contributed by atoms with Gasteiger partial charge in [0.1, 0.15) is 0 Å². The van der Waals surface area contributed by atoms with Crippen LogP contribution in [-0.2, 0) is 14.4 Å². The lowest BCUT2D eigenvalue weighted by Gasteiger charge is -2.30. The highest BCUT2D eigenvalue weighted by atomic mass is 16.7. The third-order valence-electron chi connectivity index (χ3n) is 7.60. The molecular formula is C26H38N4O6. The summed E-state index contributed by atoms with van der Waals surface area (Å²) in [5.41, 5.74) is 6.62. The number of rotatable bonds is 12. The molecule has 4 rings (SSSR count). The van der Waals surface area contributed by atoms with E-state index in [1.54, 1.807) is 4.90 Å². The lowest BCUT2D eigenvalue weighted by molar-refractivity contribution is -0.144. The SMILES string of the molecule is CCCCN(CCN)C(=O)CN1C[C@H](c2ccc3c(c2)OCO3)[C@@H](C(=O)O)[C@@H]1CCN1CCCC1=O. The molecule has 10 nitrogen and oxygen atoms in total. The number of hydrogen-bond donors (Lipinski definition) is 2. The first-order valence-electron chi connectivity index (χ1n) is 13.0. The van der Waals surface area contributed by atoms with Crippen LogP contribution in [0.3, 0.4) is 0 Å². The molecule has 2 fully saturated rings. The molecule has 0 saturated carbocycles. The van der Waals surface area contributed by atoms with Crippen LogP contribution in [-0.4, -0.2) is 96.2 Å².